The normalized spacial score (nSPS) is 17.4. The maximum absolute atomic E-state index is 13.4. The molecule has 0 radical (unpaired) electrons. The summed E-state index contributed by atoms with van der Waals surface area (Å²) in [6.45, 7) is 6.17. The number of benzene rings is 1. The van der Waals surface area contributed by atoms with Gasteiger partial charge in [-0.2, -0.15) is 0 Å². The molecule has 0 amide bonds. The molecule has 0 spiro atoms. The second kappa shape index (κ2) is 7.21. The second-order valence-corrected chi connectivity index (χ2v) is 7.00. The van der Waals surface area contributed by atoms with E-state index in [9.17, 15) is 12.8 Å². The SMILES string of the molecule is C=CCN1CCC(NS(=O)(=O)c2ccc(F)c(OC)c2)CC1. The molecule has 1 fully saturated rings. The van der Waals surface area contributed by atoms with Crippen molar-refractivity contribution in [2.75, 3.05) is 26.7 Å². The van der Waals surface area contributed by atoms with Crippen LogP contribution in [0.25, 0.3) is 0 Å². The monoisotopic (exact) mass is 328 g/mol. The van der Waals surface area contributed by atoms with Crippen molar-refractivity contribution in [1.82, 2.24) is 9.62 Å². The number of hydrogen-bond acceptors (Lipinski definition) is 4. The fraction of sp³-hybridized carbons (Fsp3) is 0.467. The van der Waals surface area contributed by atoms with Gasteiger partial charge < -0.3 is 4.74 Å². The van der Waals surface area contributed by atoms with E-state index in [-0.39, 0.29) is 16.7 Å². The highest BCUT2D eigenvalue weighted by Crippen LogP contribution is 2.22. The van der Waals surface area contributed by atoms with E-state index in [1.807, 2.05) is 6.08 Å². The summed E-state index contributed by atoms with van der Waals surface area (Å²) < 4.78 is 45.6. The summed E-state index contributed by atoms with van der Waals surface area (Å²) in [5.74, 6) is -0.664. The quantitative estimate of drug-likeness (QED) is 0.809. The lowest BCUT2D eigenvalue weighted by molar-refractivity contribution is 0.226. The van der Waals surface area contributed by atoms with E-state index in [4.69, 9.17) is 4.74 Å². The predicted octanol–water partition coefficient (Wildman–Crippen LogP) is 1.76. The van der Waals surface area contributed by atoms with Crippen molar-refractivity contribution in [3.8, 4) is 5.75 Å². The molecular formula is C15H21FN2O3S. The number of methoxy groups -OCH3 is 1. The molecule has 0 bridgehead atoms. The molecule has 1 aliphatic heterocycles. The highest BCUT2D eigenvalue weighted by atomic mass is 32.2. The molecule has 0 atom stereocenters. The van der Waals surface area contributed by atoms with Gasteiger partial charge in [0.25, 0.3) is 0 Å². The largest absolute Gasteiger partial charge is 0.494 e. The van der Waals surface area contributed by atoms with Crippen LogP contribution in [0.3, 0.4) is 0 Å². The minimum atomic E-state index is -3.67. The molecule has 5 nitrogen and oxygen atoms in total. The van der Waals surface area contributed by atoms with Crippen LogP contribution in [0.1, 0.15) is 12.8 Å². The van der Waals surface area contributed by atoms with Crippen LogP contribution >= 0.6 is 0 Å². The fourth-order valence-corrected chi connectivity index (χ4v) is 3.83. The molecule has 1 aromatic rings. The number of rotatable bonds is 6. The van der Waals surface area contributed by atoms with Crippen LogP contribution < -0.4 is 9.46 Å². The molecule has 1 heterocycles. The number of hydrogen-bond donors (Lipinski definition) is 1. The van der Waals surface area contributed by atoms with Gasteiger partial charge in [0.15, 0.2) is 11.6 Å². The van der Waals surface area contributed by atoms with Gasteiger partial charge >= 0.3 is 0 Å². The van der Waals surface area contributed by atoms with Crippen molar-refractivity contribution in [2.24, 2.45) is 0 Å². The van der Waals surface area contributed by atoms with Crippen LogP contribution in [0.2, 0.25) is 0 Å². The molecule has 7 heteroatoms. The van der Waals surface area contributed by atoms with Gasteiger partial charge in [-0.05, 0) is 38.1 Å². The van der Waals surface area contributed by atoms with E-state index in [0.29, 0.717) is 0 Å². The van der Waals surface area contributed by atoms with Crippen LogP contribution in [-0.2, 0) is 10.0 Å². The van der Waals surface area contributed by atoms with Crippen molar-refractivity contribution >= 4 is 10.0 Å². The molecule has 1 aliphatic rings. The highest BCUT2D eigenvalue weighted by molar-refractivity contribution is 7.89. The van der Waals surface area contributed by atoms with Gasteiger partial charge in [0.2, 0.25) is 10.0 Å². The molecule has 122 valence electrons. The molecule has 0 aliphatic carbocycles. The Hall–Kier alpha value is -1.44. The van der Waals surface area contributed by atoms with Crippen molar-refractivity contribution in [2.45, 2.75) is 23.8 Å². The Kier molecular flexibility index (Phi) is 5.55. The number of likely N-dealkylation sites (tertiary alicyclic amines) is 1. The molecule has 1 N–H and O–H groups in total. The summed E-state index contributed by atoms with van der Waals surface area (Å²) >= 11 is 0. The lowest BCUT2D eigenvalue weighted by Crippen LogP contribution is -2.44. The minimum absolute atomic E-state index is 0.0132. The molecule has 1 saturated heterocycles. The summed E-state index contributed by atoms with van der Waals surface area (Å²) in [6.07, 6.45) is 3.33. The Morgan fingerprint density at radius 2 is 2.14 bits per heavy atom. The molecule has 0 saturated carbocycles. The van der Waals surface area contributed by atoms with Gasteiger partial charge in [-0.15, -0.1) is 6.58 Å². The summed E-state index contributed by atoms with van der Waals surface area (Å²) in [6, 6.07) is 3.43. The van der Waals surface area contributed by atoms with Crippen LogP contribution in [0.15, 0.2) is 35.7 Å². The number of nitrogens with zero attached hydrogens (tertiary/aromatic N) is 1. The van der Waals surface area contributed by atoms with Gasteiger partial charge in [-0.1, -0.05) is 6.08 Å². The van der Waals surface area contributed by atoms with Crippen LogP contribution in [0.4, 0.5) is 4.39 Å². The van der Waals surface area contributed by atoms with E-state index in [1.54, 1.807) is 0 Å². The molecular weight excluding hydrogens is 307 g/mol. The third kappa shape index (κ3) is 4.06. The first-order valence-corrected chi connectivity index (χ1v) is 8.63. The zero-order chi connectivity index (χ0) is 16.2. The standard InChI is InChI=1S/C15H21FN2O3S/c1-3-8-18-9-6-12(7-10-18)17-22(19,20)13-4-5-14(16)15(11-13)21-2/h3-5,11-12,17H,1,6-10H2,2H3. The van der Waals surface area contributed by atoms with Gasteiger partial charge in [-0.25, -0.2) is 17.5 Å². The molecule has 2 rings (SSSR count). The predicted molar refractivity (Wildman–Crippen MR) is 82.9 cm³/mol. The summed E-state index contributed by atoms with van der Waals surface area (Å²) in [5, 5.41) is 0. The number of sulfonamides is 1. The number of piperidine rings is 1. The highest BCUT2D eigenvalue weighted by Gasteiger charge is 2.24. The van der Waals surface area contributed by atoms with E-state index in [1.165, 1.54) is 19.2 Å². The van der Waals surface area contributed by atoms with Crippen molar-refractivity contribution in [3.63, 3.8) is 0 Å². The molecule has 0 aromatic heterocycles. The lowest BCUT2D eigenvalue weighted by Gasteiger charge is -2.31. The average Bonchev–Trinajstić information content (AvgIpc) is 2.49. The summed E-state index contributed by atoms with van der Waals surface area (Å²) in [5.41, 5.74) is 0. The average molecular weight is 328 g/mol. The van der Waals surface area contributed by atoms with Gasteiger partial charge in [0.1, 0.15) is 0 Å². The first-order valence-electron chi connectivity index (χ1n) is 7.15. The Bertz CT molecular complexity index is 626. The van der Waals surface area contributed by atoms with Crippen LogP contribution in [-0.4, -0.2) is 46.1 Å². The van der Waals surface area contributed by atoms with Crippen molar-refractivity contribution < 1.29 is 17.5 Å². The van der Waals surface area contributed by atoms with Gasteiger partial charge in [0.05, 0.1) is 12.0 Å². The van der Waals surface area contributed by atoms with Crippen molar-refractivity contribution in [3.05, 3.63) is 36.7 Å². The topological polar surface area (TPSA) is 58.6 Å². The van der Waals surface area contributed by atoms with Crippen LogP contribution in [0.5, 0.6) is 5.75 Å². The summed E-state index contributed by atoms with van der Waals surface area (Å²) in [7, 11) is -2.37. The van der Waals surface area contributed by atoms with E-state index < -0.39 is 15.8 Å². The van der Waals surface area contributed by atoms with Gasteiger partial charge in [0, 0.05) is 18.7 Å². The lowest BCUT2D eigenvalue weighted by atomic mass is 10.1. The fourth-order valence-electron chi connectivity index (χ4n) is 2.51. The second-order valence-electron chi connectivity index (χ2n) is 5.28. The third-order valence-electron chi connectivity index (χ3n) is 3.73. The van der Waals surface area contributed by atoms with E-state index in [2.05, 4.69) is 16.2 Å². The molecule has 0 unspecified atom stereocenters. The van der Waals surface area contributed by atoms with Crippen LogP contribution in [0, 0.1) is 5.82 Å². The third-order valence-corrected chi connectivity index (χ3v) is 5.25. The number of ether oxygens (including phenoxy) is 1. The van der Waals surface area contributed by atoms with E-state index in [0.717, 1.165) is 38.5 Å². The Balaban J connectivity index is 2.04. The Morgan fingerprint density at radius 1 is 1.45 bits per heavy atom. The first-order chi connectivity index (χ1) is 10.5. The first kappa shape index (κ1) is 16.9. The number of halogens is 1. The molecule has 1 aromatic carbocycles. The molecule has 22 heavy (non-hydrogen) atoms. The maximum atomic E-state index is 13.4. The smallest absolute Gasteiger partial charge is 0.240 e. The Morgan fingerprint density at radius 3 is 2.73 bits per heavy atom. The zero-order valence-electron chi connectivity index (χ0n) is 12.6. The van der Waals surface area contributed by atoms with Crippen molar-refractivity contribution in [1.29, 1.82) is 0 Å². The number of nitrogens with one attached hydrogen (secondary N) is 1. The summed E-state index contributed by atoms with van der Waals surface area (Å²) in [4.78, 5) is 2.23. The maximum Gasteiger partial charge on any atom is 0.240 e. The van der Waals surface area contributed by atoms with Gasteiger partial charge in [-0.3, -0.25) is 4.90 Å². The van der Waals surface area contributed by atoms with E-state index >= 15 is 0 Å². The Labute approximate surface area is 130 Å². The zero-order valence-corrected chi connectivity index (χ0v) is 13.4. The minimum Gasteiger partial charge on any atom is -0.494 e.